The summed E-state index contributed by atoms with van der Waals surface area (Å²) in [7, 11) is 3.60. The largest absolute Gasteiger partial charge is 0.376 e. The molecule has 0 saturated heterocycles. The molecule has 1 heterocycles. The van der Waals surface area contributed by atoms with Gasteiger partial charge in [-0.25, -0.2) is 0 Å². The number of aromatic nitrogens is 2. The lowest BCUT2D eigenvalue weighted by Gasteiger charge is -2.15. The standard InChI is InChI=1S/C18H24N4O2/c1-19-17(15-9-20-22(2)10-15)18(23)21-16-5-3-4-14(8-16)12-24-11-13-6-7-13/h3-5,8-10,13,17,19H,6-7,11-12H2,1-2H3,(H,21,23). The molecule has 0 radical (unpaired) electrons. The third kappa shape index (κ3) is 4.43. The predicted molar refractivity (Wildman–Crippen MR) is 92.5 cm³/mol. The first-order chi connectivity index (χ1) is 11.7. The number of nitrogens with one attached hydrogen (secondary N) is 2. The van der Waals surface area contributed by atoms with Gasteiger partial charge in [-0.3, -0.25) is 9.48 Å². The van der Waals surface area contributed by atoms with Gasteiger partial charge >= 0.3 is 0 Å². The van der Waals surface area contributed by atoms with Crippen molar-refractivity contribution in [1.29, 1.82) is 0 Å². The normalized spacial score (nSPS) is 15.2. The Morgan fingerprint density at radius 2 is 2.29 bits per heavy atom. The SMILES string of the molecule is CNC(C(=O)Nc1cccc(COCC2CC2)c1)c1cnn(C)c1. The highest BCUT2D eigenvalue weighted by Crippen LogP contribution is 2.29. The number of amides is 1. The van der Waals surface area contributed by atoms with Gasteiger partial charge in [-0.2, -0.15) is 5.10 Å². The van der Waals surface area contributed by atoms with Crippen LogP contribution in [0.1, 0.15) is 30.0 Å². The number of likely N-dealkylation sites (N-methyl/N-ethyl adjacent to an activating group) is 1. The van der Waals surface area contributed by atoms with Gasteiger partial charge in [-0.05, 0) is 43.5 Å². The molecule has 1 fully saturated rings. The van der Waals surface area contributed by atoms with Crippen LogP contribution in [0, 0.1) is 5.92 Å². The molecule has 6 heteroatoms. The van der Waals surface area contributed by atoms with E-state index in [-0.39, 0.29) is 5.91 Å². The molecule has 1 aliphatic carbocycles. The summed E-state index contributed by atoms with van der Waals surface area (Å²) < 4.78 is 7.39. The zero-order valence-corrected chi connectivity index (χ0v) is 14.2. The molecular weight excluding hydrogens is 304 g/mol. The first-order valence-corrected chi connectivity index (χ1v) is 8.29. The molecule has 0 aliphatic heterocycles. The van der Waals surface area contributed by atoms with E-state index in [1.165, 1.54) is 12.8 Å². The number of ether oxygens (including phenoxy) is 1. The second-order valence-corrected chi connectivity index (χ2v) is 6.32. The van der Waals surface area contributed by atoms with Crippen LogP contribution in [-0.2, 0) is 23.2 Å². The molecule has 2 aromatic rings. The Kier molecular flexibility index (Phi) is 5.27. The van der Waals surface area contributed by atoms with Crippen molar-refractivity contribution < 1.29 is 9.53 Å². The molecule has 0 spiro atoms. The average molecular weight is 328 g/mol. The van der Waals surface area contributed by atoms with E-state index in [1.807, 2.05) is 37.5 Å². The Morgan fingerprint density at radius 1 is 1.46 bits per heavy atom. The van der Waals surface area contributed by atoms with Crippen molar-refractivity contribution in [2.75, 3.05) is 19.0 Å². The zero-order valence-electron chi connectivity index (χ0n) is 14.2. The van der Waals surface area contributed by atoms with Crippen molar-refractivity contribution in [3.05, 3.63) is 47.8 Å². The van der Waals surface area contributed by atoms with Gasteiger partial charge in [-0.1, -0.05) is 12.1 Å². The van der Waals surface area contributed by atoms with E-state index in [2.05, 4.69) is 15.7 Å². The minimum atomic E-state index is -0.437. The minimum Gasteiger partial charge on any atom is -0.376 e. The van der Waals surface area contributed by atoms with E-state index in [0.29, 0.717) is 6.61 Å². The molecule has 1 aromatic heterocycles. The van der Waals surface area contributed by atoms with Gasteiger partial charge in [0.2, 0.25) is 5.91 Å². The topological polar surface area (TPSA) is 68.2 Å². The van der Waals surface area contributed by atoms with E-state index in [0.717, 1.165) is 29.3 Å². The molecule has 1 saturated carbocycles. The highest BCUT2D eigenvalue weighted by atomic mass is 16.5. The average Bonchev–Trinajstić information content (AvgIpc) is 3.29. The molecule has 24 heavy (non-hydrogen) atoms. The number of hydrogen-bond acceptors (Lipinski definition) is 4. The van der Waals surface area contributed by atoms with Gasteiger partial charge in [0.05, 0.1) is 12.8 Å². The summed E-state index contributed by atoms with van der Waals surface area (Å²) in [4.78, 5) is 12.5. The zero-order chi connectivity index (χ0) is 16.9. The van der Waals surface area contributed by atoms with Gasteiger partial charge in [0, 0.05) is 31.1 Å². The van der Waals surface area contributed by atoms with Gasteiger partial charge in [0.15, 0.2) is 0 Å². The Hall–Kier alpha value is -2.18. The molecule has 1 amide bonds. The summed E-state index contributed by atoms with van der Waals surface area (Å²) in [5.41, 5.74) is 2.67. The highest BCUT2D eigenvalue weighted by Gasteiger charge is 2.21. The maximum atomic E-state index is 12.5. The number of rotatable bonds is 8. The molecule has 128 valence electrons. The summed E-state index contributed by atoms with van der Waals surface area (Å²) >= 11 is 0. The lowest BCUT2D eigenvalue weighted by molar-refractivity contribution is -0.118. The monoisotopic (exact) mass is 328 g/mol. The molecule has 2 N–H and O–H groups in total. The second kappa shape index (κ2) is 7.59. The fraction of sp³-hybridized carbons (Fsp3) is 0.444. The van der Waals surface area contributed by atoms with Gasteiger partial charge in [-0.15, -0.1) is 0 Å². The maximum Gasteiger partial charge on any atom is 0.246 e. The maximum absolute atomic E-state index is 12.5. The van der Waals surface area contributed by atoms with Crippen LogP contribution in [-0.4, -0.2) is 29.3 Å². The van der Waals surface area contributed by atoms with E-state index >= 15 is 0 Å². The molecular formula is C18H24N4O2. The van der Waals surface area contributed by atoms with E-state index in [4.69, 9.17) is 4.74 Å². The molecule has 1 unspecified atom stereocenters. The summed E-state index contributed by atoms with van der Waals surface area (Å²) in [5.74, 6) is 0.644. The van der Waals surface area contributed by atoms with Gasteiger partial charge in [0.1, 0.15) is 6.04 Å². The smallest absolute Gasteiger partial charge is 0.246 e. The van der Waals surface area contributed by atoms with Crippen LogP contribution < -0.4 is 10.6 Å². The third-order valence-corrected chi connectivity index (χ3v) is 4.12. The highest BCUT2D eigenvalue weighted by molar-refractivity contribution is 5.95. The molecule has 0 bridgehead atoms. The Morgan fingerprint density at radius 3 is 2.96 bits per heavy atom. The Bertz CT molecular complexity index is 694. The number of anilines is 1. The third-order valence-electron chi connectivity index (χ3n) is 4.12. The van der Waals surface area contributed by atoms with Crippen LogP contribution >= 0.6 is 0 Å². The molecule has 3 rings (SSSR count). The van der Waals surface area contributed by atoms with E-state index in [9.17, 15) is 4.79 Å². The van der Waals surface area contributed by atoms with Gasteiger partial charge in [0.25, 0.3) is 0 Å². The Balaban J connectivity index is 1.60. The molecule has 1 atom stereocenters. The van der Waals surface area contributed by atoms with Gasteiger partial charge < -0.3 is 15.4 Å². The number of benzene rings is 1. The van der Waals surface area contributed by atoms with Crippen molar-refractivity contribution >= 4 is 11.6 Å². The van der Waals surface area contributed by atoms with Crippen molar-refractivity contribution in [3.63, 3.8) is 0 Å². The summed E-state index contributed by atoms with van der Waals surface area (Å²) in [6.45, 7) is 1.41. The Labute approximate surface area is 142 Å². The number of aryl methyl sites for hydroxylation is 1. The molecule has 6 nitrogen and oxygen atoms in total. The molecule has 1 aliphatic rings. The van der Waals surface area contributed by atoms with Crippen molar-refractivity contribution in [2.45, 2.75) is 25.5 Å². The summed E-state index contributed by atoms with van der Waals surface area (Å²) in [6.07, 6.45) is 6.11. The van der Waals surface area contributed by atoms with Crippen molar-refractivity contribution in [1.82, 2.24) is 15.1 Å². The first kappa shape index (κ1) is 16.7. The lowest BCUT2D eigenvalue weighted by Crippen LogP contribution is -2.30. The van der Waals surface area contributed by atoms with Crippen LogP contribution in [0.25, 0.3) is 0 Å². The first-order valence-electron chi connectivity index (χ1n) is 8.29. The quantitative estimate of drug-likeness (QED) is 0.780. The van der Waals surface area contributed by atoms with Crippen LogP contribution in [0.4, 0.5) is 5.69 Å². The second-order valence-electron chi connectivity index (χ2n) is 6.32. The summed E-state index contributed by atoms with van der Waals surface area (Å²) in [5, 5.41) is 10.1. The van der Waals surface area contributed by atoms with Crippen molar-refractivity contribution in [2.24, 2.45) is 13.0 Å². The van der Waals surface area contributed by atoms with Crippen LogP contribution in [0.2, 0.25) is 0 Å². The van der Waals surface area contributed by atoms with Crippen LogP contribution in [0.5, 0.6) is 0 Å². The summed E-state index contributed by atoms with van der Waals surface area (Å²) in [6, 6.07) is 7.36. The van der Waals surface area contributed by atoms with Crippen molar-refractivity contribution in [3.8, 4) is 0 Å². The number of nitrogens with zero attached hydrogens (tertiary/aromatic N) is 2. The van der Waals surface area contributed by atoms with Crippen LogP contribution in [0.3, 0.4) is 0 Å². The van der Waals surface area contributed by atoms with E-state index < -0.39 is 6.04 Å². The number of carbonyl (C=O) groups is 1. The lowest BCUT2D eigenvalue weighted by atomic mass is 10.1. The minimum absolute atomic E-state index is 0.110. The fourth-order valence-electron chi connectivity index (χ4n) is 2.62. The van der Waals surface area contributed by atoms with Crippen LogP contribution in [0.15, 0.2) is 36.7 Å². The van der Waals surface area contributed by atoms with E-state index in [1.54, 1.807) is 17.9 Å². The predicted octanol–water partition coefficient (Wildman–Crippen LogP) is 2.25. The fourth-order valence-corrected chi connectivity index (χ4v) is 2.62. The number of carbonyl (C=O) groups excluding carboxylic acids is 1. The molecule has 1 aromatic carbocycles. The number of hydrogen-bond donors (Lipinski definition) is 2.